The van der Waals surface area contributed by atoms with Gasteiger partial charge in [0.2, 0.25) is 5.78 Å². The van der Waals surface area contributed by atoms with Gasteiger partial charge in [0.25, 0.3) is 11.5 Å². The van der Waals surface area contributed by atoms with E-state index in [0.717, 1.165) is 5.56 Å². The van der Waals surface area contributed by atoms with Crippen molar-refractivity contribution >= 4 is 39.8 Å². The van der Waals surface area contributed by atoms with Gasteiger partial charge in [0.05, 0.1) is 22.2 Å². The van der Waals surface area contributed by atoms with Crippen molar-refractivity contribution < 1.29 is 4.79 Å². The molecule has 1 amide bonds. The Labute approximate surface area is 183 Å². The van der Waals surface area contributed by atoms with Crippen molar-refractivity contribution in [1.82, 2.24) is 14.4 Å². The SMILES string of the molecule is Cc1cn2c(=O)c3ccccc3nc2nc1Nc1ccccc1C(=O)Nc1ccccc1. The van der Waals surface area contributed by atoms with Crippen LogP contribution < -0.4 is 16.2 Å². The van der Waals surface area contributed by atoms with Crippen LogP contribution >= 0.6 is 0 Å². The summed E-state index contributed by atoms with van der Waals surface area (Å²) >= 11 is 0. The zero-order chi connectivity index (χ0) is 22.1. The number of nitrogens with one attached hydrogen (secondary N) is 2. The van der Waals surface area contributed by atoms with Crippen LogP contribution in [0, 0.1) is 6.92 Å². The molecule has 32 heavy (non-hydrogen) atoms. The van der Waals surface area contributed by atoms with E-state index in [1.165, 1.54) is 4.40 Å². The van der Waals surface area contributed by atoms with Crippen molar-refractivity contribution in [3.05, 3.63) is 107 Å². The molecular weight excluding hydrogens is 402 g/mol. The zero-order valence-corrected chi connectivity index (χ0v) is 17.2. The van der Waals surface area contributed by atoms with Gasteiger partial charge in [-0.3, -0.25) is 14.0 Å². The number of anilines is 3. The summed E-state index contributed by atoms with van der Waals surface area (Å²) < 4.78 is 1.44. The molecule has 5 aromatic rings. The van der Waals surface area contributed by atoms with Crippen molar-refractivity contribution in [3.8, 4) is 0 Å². The third kappa shape index (κ3) is 3.56. The summed E-state index contributed by atoms with van der Waals surface area (Å²) in [6, 6.07) is 23.7. The summed E-state index contributed by atoms with van der Waals surface area (Å²) in [6.07, 6.45) is 1.71. The van der Waals surface area contributed by atoms with Gasteiger partial charge in [0.15, 0.2) is 0 Å². The van der Waals surface area contributed by atoms with E-state index in [4.69, 9.17) is 0 Å². The van der Waals surface area contributed by atoms with E-state index in [0.29, 0.717) is 33.7 Å². The predicted molar refractivity (Wildman–Crippen MR) is 126 cm³/mol. The maximum atomic E-state index is 12.9. The fourth-order valence-electron chi connectivity index (χ4n) is 3.54. The van der Waals surface area contributed by atoms with Crippen LogP contribution in [0.3, 0.4) is 0 Å². The Kier molecular flexibility index (Phi) is 4.84. The molecule has 0 radical (unpaired) electrons. The first kappa shape index (κ1) is 19.4. The molecule has 0 fully saturated rings. The second kappa shape index (κ2) is 7.96. The Morgan fingerprint density at radius 2 is 1.59 bits per heavy atom. The third-order valence-electron chi connectivity index (χ3n) is 5.15. The van der Waals surface area contributed by atoms with Crippen molar-refractivity contribution in [1.29, 1.82) is 0 Å². The predicted octanol–water partition coefficient (Wildman–Crippen LogP) is 4.55. The van der Waals surface area contributed by atoms with E-state index in [9.17, 15) is 9.59 Å². The lowest BCUT2D eigenvalue weighted by Gasteiger charge is -2.14. The number of benzene rings is 3. The minimum atomic E-state index is -0.238. The van der Waals surface area contributed by atoms with Crippen molar-refractivity contribution in [2.24, 2.45) is 0 Å². The lowest BCUT2D eigenvalue weighted by atomic mass is 10.1. The normalized spacial score (nSPS) is 10.9. The van der Waals surface area contributed by atoms with Gasteiger partial charge in [-0.2, -0.15) is 4.98 Å². The molecule has 0 aliphatic carbocycles. The molecule has 7 heteroatoms. The van der Waals surface area contributed by atoms with Crippen LogP contribution in [0.1, 0.15) is 15.9 Å². The molecule has 0 aliphatic rings. The largest absolute Gasteiger partial charge is 0.339 e. The van der Waals surface area contributed by atoms with Crippen LogP contribution in [-0.2, 0) is 0 Å². The molecule has 156 valence electrons. The molecule has 0 saturated heterocycles. The number of hydrogen-bond acceptors (Lipinski definition) is 5. The number of fused-ring (bicyclic) bond motifs is 2. The molecular formula is C25H19N5O2. The second-order valence-electron chi connectivity index (χ2n) is 7.37. The van der Waals surface area contributed by atoms with Gasteiger partial charge < -0.3 is 10.6 Å². The van der Waals surface area contributed by atoms with Gasteiger partial charge in [-0.05, 0) is 43.3 Å². The number of para-hydroxylation sites is 3. The number of carbonyl (C=O) groups is 1. The number of aryl methyl sites for hydroxylation is 1. The number of amides is 1. The minimum Gasteiger partial charge on any atom is -0.339 e. The van der Waals surface area contributed by atoms with Gasteiger partial charge in [-0.1, -0.05) is 42.5 Å². The van der Waals surface area contributed by atoms with Crippen LogP contribution in [0.25, 0.3) is 16.7 Å². The molecule has 5 rings (SSSR count). The molecule has 2 aromatic heterocycles. The van der Waals surface area contributed by atoms with Gasteiger partial charge in [0.1, 0.15) is 5.82 Å². The van der Waals surface area contributed by atoms with E-state index in [2.05, 4.69) is 20.6 Å². The molecule has 0 aliphatic heterocycles. The molecule has 0 unspecified atom stereocenters. The van der Waals surface area contributed by atoms with E-state index in [-0.39, 0.29) is 17.2 Å². The summed E-state index contributed by atoms with van der Waals surface area (Å²) in [7, 11) is 0. The monoisotopic (exact) mass is 421 g/mol. The first-order valence-corrected chi connectivity index (χ1v) is 10.1. The average Bonchev–Trinajstić information content (AvgIpc) is 2.81. The molecule has 2 heterocycles. The van der Waals surface area contributed by atoms with Gasteiger partial charge in [-0.25, -0.2) is 4.98 Å². The molecule has 0 bridgehead atoms. The molecule has 0 atom stereocenters. The van der Waals surface area contributed by atoms with Crippen LogP contribution in [0.15, 0.2) is 89.9 Å². The Morgan fingerprint density at radius 1 is 0.875 bits per heavy atom. The number of nitrogens with zero attached hydrogens (tertiary/aromatic N) is 3. The molecule has 7 nitrogen and oxygen atoms in total. The summed E-state index contributed by atoms with van der Waals surface area (Å²) in [5.74, 6) is 0.568. The van der Waals surface area contributed by atoms with E-state index >= 15 is 0 Å². The minimum absolute atomic E-state index is 0.171. The quantitative estimate of drug-likeness (QED) is 0.416. The first-order chi connectivity index (χ1) is 15.6. The van der Waals surface area contributed by atoms with Crippen molar-refractivity contribution in [3.63, 3.8) is 0 Å². The lowest BCUT2D eigenvalue weighted by Crippen LogP contribution is -2.18. The zero-order valence-electron chi connectivity index (χ0n) is 17.2. The maximum Gasteiger partial charge on any atom is 0.266 e. The highest BCUT2D eigenvalue weighted by molar-refractivity contribution is 6.08. The average molecular weight is 421 g/mol. The van der Waals surface area contributed by atoms with E-state index in [1.54, 1.807) is 30.5 Å². The van der Waals surface area contributed by atoms with Crippen LogP contribution in [0.2, 0.25) is 0 Å². The molecule has 3 aromatic carbocycles. The first-order valence-electron chi connectivity index (χ1n) is 10.1. The van der Waals surface area contributed by atoms with Crippen LogP contribution in [-0.4, -0.2) is 20.3 Å². The summed E-state index contributed by atoms with van der Waals surface area (Å²) in [5, 5.41) is 6.68. The van der Waals surface area contributed by atoms with Crippen LogP contribution in [0.5, 0.6) is 0 Å². The highest BCUT2D eigenvalue weighted by Crippen LogP contribution is 2.23. The standard InChI is InChI=1S/C25H19N5O2/c1-16-15-30-24(32)19-12-6-8-14-21(19)28-25(30)29-22(16)27-20-13-7-5-11-18(20)23(31)26-17-9-3-2-4-10-17/h2-15H,1H3,(H,26,31)(H,27,28,29). The molecule has 2 N–H and O–H groups in total. The fraction of sp³-hybridized carbons (Fsp3) is 0.0400. The highest BCUT2D eigenvalue weighted by Gasteiger charge is 2.14. The molecule has 0 saturated carbocycles. The fourth-order valence-corrected chi connectivity index (χ4v) is 3.54. The van der Waals surface area contributed by atoms with Gasteiger partial charge >= 0.3 is 0 Å². The summed E-state index contributed by atoms with van der Waals surface area (Å²) in [4.78, 5) is 34.8. The Hall–Kier alpha value is -4.52. The van der Waals surface area contributed by atoms with Gasteiger partial charge in [-0.15, -0.1) is 0 Å². The maximum absolute atomic E-state index is 12.9. The van der Waals surface area contributed by atoms with Gasteiger partial charge in [0, 0.05) is 17.4 Å². The highest BCUT2D eigenvalue weighted by atomic mass is 16.1. The lowest BCUT2D eigenvalue weighted by molar-refractivity contribution is 0.102. The van der Waals surface area contributed by atoms with E-state index in [1.807, 2.05) is 61.5 Å². The van der Waals surface area contributed by atoms with E-state index < -0.39 is 0 Å². The van der Waals surface area contributed by atoms with Crippen LogP contribution in [0.4, 0.5) is 17.2 Å². The number of carbonyl (C=O) groups excluding carboxylic acids is 1. The Morgan fingerprint density at radius 3 is 2.44 bits per heavy atom. The topological polar surface area (TPSA) is 88.4 Å². The summed E-state index contributed by atoms with van der Waals surface area (Å²) in [5.41, 5.74) is 2.95. The third-order valence-corrected chi connectivity index (χ3v) is 5.15. The molecule has 0 spiro atoms. The Balaban J connectivity index is 1.53. The summed E-state index contributed by atoms with van der Waals surface area (Å²) in [6.45, 7) is 1.85. The number of hydrogen-bond donors (Lipinski definition) is 2. The Bertz CT molecular complexity index is 1530. The van der Waals surface area contributed by atoms with Crippen molar-refractivity contribution in [2.45, 2.75) is 6.92 Å². The smallest absolute Gasteiger partial charge is 0.266 e. The second-order valence-corrected chi connectivity index (χ2v) is 7.37. The van der Waals surface area contributed by atoms with Crippen molar-refractivity contribution in [2.75, 3.05) is 10.6 Å². The number of rotatable bonds is 4. The number of aromatic nitrogens is 3.